The molecule has 0 amide bonds. The average molecular weight is 196 g/mol. The predicted octanol–water partition coefficient (Wildman–Crippen LogP) is -5.99. The minimum Gasteiger partial charge on any atom is -1.00 e. The van der Waals surface area contributed by atoms with E-state index in [0.717, 1.165) is 0 Å². The summed E-state index contributed by atoms with van der Waals surface area (Å²) < 4.78 is 0. The summed E-state index contributed by atoms with van der Waals surface area (Å²) in [7, 11) is 0. The van der Waals surface area contributed by atoms with Crippen LogP contribution in [-0.2, 0) is 0 Å². The van der Waals surface area contributed by atoms with E-state index in [1.54, 1.807) is 6.92 Å². The van der Waals surface area contributed by atoms with Gasteiger partial charge in [0.1, 0.15) is 0 Å². The van der Waals surface area contributed by atoms with Gasteiger partial charge < -0.3 is 29.1 Å². The van der Waals surface area contributed by atoms with E-state index < -0.39 is 0 Å². The largest absolute Gasteiger partial charge is 1.00 e. The smallest absolute Gasteiger partial charge is 1.00 e. The molecule has 0 saturated heterocycles. The Balaban J connectivity index is -0.0000000200. The van der Waals surface area contributed by atoms with E-state index >= 15 is 0 Å². The van der Waals surface area contributed by atoms with Crippen molar-refractivity contribution in [3.05, 3.63) is 0 Å². The minimum absolute atomic E-state index is 0. The second-order valence-electron chi connectivity index (χ2n) is 0.316. The van der Waals surface area contributed by atoms with Crippen LogP contribution in [0.2, 0.25) is 0 Å². The first-order chi connectivity index (χ1) is 1.41. The molecule has 0 aromatic heterocycles. The van der Waals surface area contributed by atoms with Gasteiger partial charge in [0.25, 0.3) is 0 Å². The Morgan fingerprint density at radius 2 is 1.60 bits per heavy atom. The van der Waals surface area contributed by atoms with Crippen molar-refractivity contribution in [1.82, 2.24) is 0 Å². The Hall–Kier alpha value is 1.69. The van der Waals surface area contributed by atoms with Crippen LogP contribution in [-0.4, -0.2) is 11.7 Å². The minimum atomic E-state index is 0. The number of hydrogen-bond donors (Lipinski definition) is 1. The van der Waals surface area contributed by atoms with E-state index in [2.05, 4.69) is 0 Å². The Morgan fingerprint density at radius 3 is 1.60 bits per heavy atom. The van der Waals surface area contributed by atoms with Crippen LogP contribution in [0.15, 0.2) is 0 Å². The van der Waals surface area contributed by atoms with Crippen LogP contribution in [0.5, 0.6) is 0 Å². The van der Waals surface area contributed by atoms with Crippen molar-refractivity contribution >= 4 is 0 Å². The molecule has 28 valence electrons. The van der Waals surface area contributed by atoms with Gasteiger partial charge >= 0.3 is 29.6 Å². The van der Waals surface area contributed by atoms with Gasteiger partial charge in [-0.2, -0.15) is 0 Å². The normalized spacial score (nSPS) is 3.60. The molecule has 0 aliphatic heterocycles. The van der Waals surface area contributed by atoms with Gasteiger partial charge in [-0.05, 0) is 6.92 Å². The summed E-state index contributed by atoms with van der Waals surface area (Å²) >= 11 is 0. The fraction of sp³-hybridized carbons (Fsp3) is 1.00. The third kappa shape index (κ3) is 27.1. The van der Waals surface area contributed by atoms with Gasteiger partial charge in [-0.1, -0.05) is 0 Å². The molecular weight excluding hydrogens is 190 g/mol. The van der Waals surface area contributed by atoms with Crippen LogP contribution >= 0.6 is 0 Å². The molecule has 0 radical (unpaired) electrons. The molecule has 0 aromatic rings. The van der Waals surface area contributed by atoms with E-state index in [4.69, 9.17) is 5.11 Å². The Labute approximate surface area is 71.5 Å². The summed E-state index contributed by atoms with van der Waals surface area (Å²) in [4.78, 5) is 0. The molecule has 0 atom stereocenters. The SMILES string of the molecule is CCO.[I-].[Na+]. The van der Waals surface area contributed by atoms with Gasteiger partial charge in [-0.15, -0.1) is 0 Å². The third-order valence-corrected chi connectivity index (χ3v) is 0. The Morgan fingerprint density at radius 1 is 1.60 bits per heavy atom. The van der Waals surface area contributed by atoms with E-state index in [1.807, 2.05) is 0 Å². The van der Waals surface area contributed by atoms with Crippen molar-refractivity contribution in [2.24, 2.45) is 0 Å². The van der Waals surface area contributed by atoms with E-state index in [-0.39, 0.29) is 60.1 Å². The van der Waals surface area contributed by atoms with E-state index in [0.29, 0.717) is 0 Å². The molecule has 0 unspecified atom stereocenters. The maximum absolute atomic E-state index is 7.57. The first kappa shape index (κ1) is 15.9. The molecule has 0 fully saturated rings. The maximum Gasteiger partial charge on any atom is 1.00 e. The first-order valence-corrected chi connectivity index (χ1v) is 1.02. The van der Waals surface area contributed by atoms with Crippen LogP contribution in [0.25, 0.3) is 0 Å². The topological polar surface area (TPSA) is 20.2 Å². The van der Waals surface area contributed by atoms with Crippen molar-refractivity contribution in [3.63, 3.8) is 0 Å². The standard InChI is InChI=1S/C2H6O.HI.Na/c1-2-3;;/h3H,2H2,1H3;1H;/q;;+1/p-1. The van der Waals surface area contributed by atoms with Crippen LogP contribution in [0.4, 0.5) is 0 Å². The third-order valence-electron chi connectivity index (χ3n) is 0. The van der Waals surface area contributed by atoms with Gasteiger partial charge in [0.2, 0.25) is 0 Å². The number of aliphatic hydroxyl groups is 1. The van der Waals surface area contributed by atoms with Crippen LogP contribution in [0.3, 0.4) is 0 Å². The Bertz CT molecular complexity index is 9.61. The number of halogens is 1. The fourth-order valence-corrected chi connectivity index (χ4v) is 0. The van der Waals surface area contributed by atoms with Gasteiger partial charge in [0.05, 0.1) is 0 Å². The average Bonchev–Trinajstić information content (AvgIpc) is 0.918. The van der Waals surface area contributed by atoms with Crippen molar-refractivity contribution in [1.29, 1.82) is 0 Å². The van der Waals surface area contributed by atoms with Crippen molar-refractivity contribution < 1.29 is 58.6 Å². The molecule has 1 N–H and O–H groups in total. The monoisotopic (exact) mass is 196 g/mol. The molecule has 0 aliphatic rings. The van der Waals surface area contributed by atoms with Crippen LogP contribution in [0.1, 0.15) is 6.92 Å². The molecule has 3 heteroatoms. The molecule has 0 saturated carbocycles. The van der Waals surface area contributed by atoms with Crippen LogP contribution < -0.4 is 53.5 Å². The molecule has 0 rings (SSSR count). The Kier molecular flexibility index (Phi) is 55.0. The van der Waals surface area contributed by atoms with Gasteiger partial charge in [0.15, 0.2) is 0 Å². The number of hydrogen-bond acceptors (Lipinski definition) is 1. The van der Waals surface area contributed by atoms with Gasteiger partial charge in [-0.3, -0.25) is 0 Å². The fourth-order valence-electron chi connectivity index (χ4n) is 0. The molecule has 0 bridgehead atoms. The molecule has 1 nitrogen and oxygen atoms in total. The summed E-state index contributed by atoms with van der Waals surface area (Å²) in [6.45, 7) is 1.93. The zero-order chi connectivity index (χ0) is 2.71. The second-order valence-corrected chi connectivity index (χ2v) is 0.316. The number of aliphatic hydroxyl groups excluding tert-OH is 1. The van der Waals surface area contributed by atoms with E-state index in [1.165, 1.54) is 0 Å². The maximum atomic E-state index is 7.57. The second kappa shape index (κ2) is 17.3. The summed E-state index contributed by atoms with van der Waals surface area (Å²) in [6.07, 6.45) is 0. The molecule has 0 heterocycles. The molecule has 0 spiro atoms. The predicted molar refractivity (Wildman–Crippen MR) is 12.8 cm³/mol. The van der Waals surface area contributed by atoms with Crippen molar-refractivity contribution in [2.45, 2.75) is 6.92 Å². The zero-order valence-corrected chi connectivity index (χ0v) is 7.69. The molecule has 5 heavy (non-hydrogen) atoms. The molecule has 0 aliphatic carbocycles. The summed E-state index contributed by atoms with van der Waals surface area (Å²) in [6, 6.07) is 0. The first-order valence-electron chi connectivity index (χ1n) is 1.02. The quantitative estimate of drug-likeness (QED) is 0.302. The molecular formula is C2H6INaO. The van der Waals surface area contributed by atoms with E-state index in [9.17, 15) is 0 Å². The van der Waals surface area contributed by atoms with Gasteiger partial charge in [0, 0.05) is 6.61 Å². The summed E-state index contributed by atoms with van der Waals surface area (Å²) in [5.74, 6) is 0. The zero-order valence-electron chi connectivity index (χ0n) is 3.53. The summed E-state index contributed by atoms with van der Waals surface area (Å²) in [5, 5.41) is 7.57. The summed E-state index contributed by atoms with van der Waals surface area (Å²) in [5.41, 5.74) is 0. The van der Waals surface area contributed by atoms with Gasteiger partial charge in [-0.25, -0.2) is 0 Å². The van der Waals surface area contributed by atoms with Crippen molar-refractivity contribution in [3.8, 4) is 0 Å². The number of rotatable bonds is 0. The molecule has 0 aromatic carbocycles. The van der Waals surface area contributed by atoms with Crippen molar-refractivity contribution in [2.75, 3.05) is 6.61 Å². The van der Waals surface area contributed by atoms with Crippen LogP contribution in [0, 0.1) is 0 Å².